The standard InChI is InChI=1S/C13H10FN3/c14-12-2-1-3-13(17-12)16-9-11-6-4-10(8-15)5-7-11/h1-7H,9H2,(H,16,17). The van der Waals surface area contributed by atoms with Crippen molar-refractivity contribution in [2.24, 2.45) is 0 Å². The van der Waals surface area contributed by atoms with Crippen LogP contribution in [0.3, 0.4) is 0 Å². The molecule has 1 heterocycles. The third kappa shape index (κ3) is 3.02. The molecule has 2 aromatic rings. The Morgan fingerprint density at radius 3 is 2.59 bits per heavy atom. The Labute approximate surface area is 98.5 Å². The summed E-state index contributed by atoms with van der Waals surface area (Å²) >= 11 is 0. The lowest BCUT2D eigenvalue weighted by molar-refractivity contribution is 0.585. The van der Waals surface area contributed by atoms with Crippen LogP contribution in [-0.4, -0.2) is 4.98 Å². The smallest absolute Gasteiger partial charge is 0.214 e. The van der Waals surface area contributed by atoms with Crippen molar-refractivity contribution in [1.29, 1.82) is 5.26 Å². The van der Waals surface area contributed by atoms with E-state index < -0.39 is 5.95 Å². The topological polar surface area (TPSA) is 48.7 Å². The molecule has 0 aliphatic rings. The fourth-order valence-electron chi connectivity index (χ4n) is 1.40. The first-order chi connectivity index (χ1) is 8.28. The van der Waals surface area contributed by atoms with Gasteiger partial charge in [0.15, 0.2) is 0 Å². The van der Waals surface area contributed by atoms with Gasteiger partial charge in [0.05, 0.1) is 11.6 Å². The first-order valence-electron chi connectivity index (χ1n) is 5.13. The molecule has 0 atom stereocenters. The Kier molecular flexibility index (Phi) is 3.31. The summed E-state index contributed by atoms with van der Waals surface area (Å²) in [7, 11) is 0. The van der Waals surface area contributed by atoms with Gasteiger partial charge in [-0.2, -0.15) is 9.65 Å². The lowest BCUT2D eigenvalue weighted by Crippen LogP contribution is -2.01. The maximum Gasteiger partial charge on any atom is 0.214 e. The van der Waals surface area contributed by atoms with E-state index in [0.29, 0.717) is 17.9 Å². The van der Waals surface area contributed by atoms with Gasteiger partial charge in [-0.3, -0.25) is 0 Å². The highest BCUT2D eigenvalue weighted by Crippen LogP contribution is 2.08. The van der Waals surface area contributed by atoms with E-state index in [4.69, 9.17) is 5.26 Å². The van der Waals surface area contributed by atoms with E-state index in [1.807, 2.05) is 12.1 Å². The van der Waals surface area contributed by atoms with Crippen molar-refractivity contribution in [1.82, 2.24) is 4.98 Å². The van der Waals surface area contributed by atoms with Crippen LogP contribution in [0.5, 0.6) is 0 Å². The Balaban J connectivity index is 2.00. The van der Waals surface area contributed by atoms with E-state index in [-0.39, 0.29) is 0 Å². The molecule has 0 amide bonds. The summed E-state index contributed by atoms with van der Waals surface area (Å²) < 4.78 is 12.8. The summed E-state index contributed by atoms with van der Waals surface area (Å²) in [5.41, 5.74) is 1.63. The molecule has 3 nitrogen and oxygen atoms in total. The number of rotatable bonds is 3. The normalized spacial score (nSPS) is 9.65. The molecule has 0 saturated carbocycles. The van der Waals surface area contributed by atoms with Gasteiger partial charge < -0.3 is 5.32 Å². The predicted octanol–water partition coefficient (Wildman–Crippen LogP) is 2.70. The number of nitrogens with zero attached hydrogens (tertiary/aromatic N) is 2. The average Bonchev–Trinajstić information content (AvgIpc) is 2.37. The van der Waals surface area contributed by atoms with Gasteiger partial charge in [-0.05, 0) is 29.8 Å². The number of nitriles is 1. The van der Waals surface area contributed by atoms with Gasteiger partial charge in [-0.15, -0.1) is 0 Å². The Bertz CT molecular complexity index is 543. The third-order valence-corrected chi connectivity index (χ3v) is 2.27. The van der Waals surface area contributed by atoms with Gasteiger partial charge in [0, 0.05) is 6.54 Å². The van der Waals surface area contributed by atoms with E-state index >= 15 is 0 Å². The molecule has 1 aromatic heterocycles. The van der Waals surface area contributed by atoms with Crippen molar-refractivity contribution >= 4 is 5.82 Å². The minimum Gasteiger partial charge on any atom is -0.366 e. The van der Waals surface area contributed by atoms with Crippen LogP contribution >= 0.6 is 0 Å². The summed E-state index contributed by atoms with van der Waals surface area (Å²) in [4.78, 5) is 3.69. The van der Waals surface area contributed by atoms with E-state index in [1.165, 1.54) is 6.07 Å². The van der Waals surface area contributed by atoms with Gasteiger partial charge in [0.1, 0.15) is 5.82 Å². The van der Waals surface area contributed by atoms with E-state index in [1.54, 1.807) is 24.3 Å². The molecule has 0 radical (unpaired) electrons. The van der Waals surface area contributed by atoms with Crippen LogP contribution < -0.4 is 5.32 Å². The number of benzene rings is 1. The first kappa shape index (κ1) is 11.1. The number of halogens is 1. The molecule has 0 saturated heterocycles. The Morgan fingerprint density at radius 1 is 1.18 bits per heavy atom. The van der Waals surface area contributed by atoms with Crippen molar-refractivity contribution in [3.8, 4) is 6.07 Å². The number of pyridine rings is 1. The Hall–Kier alpha value is -2.41. The monoisotopic (exact) mass is 227 g/mol. The second-order valence-electron chi connectivity index (χ2n) is 3.51. The molecular formula is C13H10FN3. The molecule has 0 aliphatic heterocycles. The van der Waals surface area contributed by atoms with Crippen LogP contribution in [0.4, 0.5) is 10.2 Å². The number of aromatic nitrogens is 1. The molecule has 2 rings (SSSR count). The summed E-state index contributed by atoms with van der Waals surface area (Å²) in [5, 5.41) is 11.7. The quantitative estimate of drug-likeness (QED) is 0.820. The van der Waals surface area contributed by atoms with Crippen LogP contribution in [0.1, 0.15) is 11.1 Å². The van der Waals surface area contributed by atoms with Crippen molar-refractivity contribution in [2.75, 3.05) is 5.32 Å². The van der Waals surface area contributed by atoms with Crippen molar-refractivity contribution in [3.63, 3.8) is 0 Å². The Morgan fingerprint density at radius 2 is 1.94 bits per heavy atom. The second-order valence-corrected chi connectivity index (χ2v) is 3.51. The van der Waals surface area contributed by atoms with E-state index in [0.717, 1.165) is 5.56 Å². The van der Waals surface area contributed by atoms with E-state index in [9.17, 15) is 4.39 Å². The highest BCUT2D eigenvalue weighted by molar-refractivity contribution is 5.37. The zero-order valence-electron chi connectivity index (χ0n) is 9.02. The van der Waals surface area contributed by atoms with Gasteiger partial charge in [0.25, 0.3) is 0 Å². The predicted molar refractivity (Wildman–Crippen MR) is 62.7 cm³/mol. The number of hydrogen-bond donors (Lipinski definition) is 1. The molecule has 0 aliphatic carbocycles. The molecular weight excluding hydrogens is 217 g/mol. The number of anilines is 1. The zero-order valence-corrected chi connectivity index (χ0v) is 9.02. The minimum absolute atomic E-state index is 0.495. The number of hydrogen-bond acceptors (Lipinski definition) is 3. The lowest BCUT2D eigenvalue weighted by Gasteiger charge is -2.05. The van der Waals surface area contributed by atoms with Gasteiger partial charge in [0.2, 0.25) is 5.95 Å². The van der Waals surface area contributed by atoms with Crippen LogP contribution in [0.2, 0.25) is 0 Å². The largest absolute Gasteiger partial charge is 0.366 e. The van der Waals surface area contributed by atoms with Crippen molar-refractivity contribution < 1.29 is 4.39 Å². The third-order valence-electron chi connectivity index (χ3n) is 2.27. The molecule has 1 N–H and O–H groups in total. The molecule has 0 spiro atoms. The van der Waals surface area contributed by atoms with Crippen LogP contribution in [0.25, 0.3) is 0 Å². The van der Waals surface area contributed by atoms with Crippen LogP contribution in [0, 0.1) is 17.3 Å². The fourth-order valence-corrected chi connectivity index (χ4v) is 1.40. The first-order valence-corrected chi connectivity index (χ1v) is 5.13. The highest BCUT2D eigenvalue weighted by Gasteiger charge is 1.97. The van der Waals surface area contributed by atoms with Crippen molar-refractivity contribution in [2.45, 2.75) is 6.54 Å². The zero-order chi connectivity index (χ0) is 12.1. The van der Waals surface area contributed by atoms with Crippen LogP contribution in [0.15, 0.2) is 42.5 Å². The van der Waals surface area contributed by atoms with Crippen molar-refractivity contribution in [3.05, 3.63) is 59.5 Å². The van der Waals surface area contributed by atoms with Gasteiger partial charge >= 0.3 is 0 Å². The van der Waals surface area contributed by atoms with Crippen LogP contribution in [-0.2, 0) is 6.54 Å². The average molecular weight is 227 g/mol. The summed E-state index contributed by atoms with van der Waals surface area (Å²) in [5.74, 6) is -0.0100. The molecule has 4 heteroatoms. The molecule has 17 heavy (non-hydrogen) atoms. The van der Waals surface area contributed by atoms with Gasteiger partial charge in [-0.1, -0.05) is 18.2 Å². The maximum atomic E-state index is 12.8. The maximum absolute atomic E-state index is 12.8. The lowest BCUT2D eigenvalue weighted by atomic mass is 10.1. The molecule has 0 unspecified atom stereocenters. The van der Waals surface area contributed by atoms with Gasteiger partial charge in [-0.25, -0.2) is 4.98 Å². The minimum atomic E-state index is -0.505. The molecule has 84 valence electrons. The molecule has 1 aromatic carbocycles. The van der Waals surface area contributed by atoms with E-state index in [2.05, 4.69) is 16.4 Å². The summed E-state index contributed by atoms with van der Waals surface area (Å²) in [6.07, 6.45) is 0. The summed E-state index contributed by atoms with van der Waals surface area (Å²) in [6.45, 7) is 0.544. The number of nitrogens with one attached hydrogen (secondary N) is 1. The molecule has 0 fully saturated rings. The molecule has 0 bridgehead atoms. The highest BCUT2D eigenvalue weighted by atomic mass is 19.1. The summed E-state index contributed by atoms with van der Waals surface area (Å²) in [6, 6.07) is 13.8. The fraction of sp³-hybridized carbons (Fsp3) is 0.0769. The SMILES string of the molecule is N#Cc1ccc(CNc2cccc(F)n2)cc1. The second kappa shape index (κ2) is 5.08.